The lowest BCUT2D eigenvalue weighted by atomic mass is 9.84. The second-order valence-corrected chi connectivity index (χ2v) is 15.3. The predicted molar refractivity (Wildman–Crippen MR) is 222 cm³/mol. The molecule has 1 aliphatic carbocycles. The molecule has 0 bridgehead atoms. The first-order valence-electron chi connectivity index (χ1n) is 21.8. The number of pyridine rings is 1. The van der Waals surface area contributed by atoms with Crippen molar-refractivity contribution >= 4 is 29.0 Å². The van der Waals surface area contributed by atoms with Gasteiger partial charge in [-0.3, -0.25) is 9.78 Å². The number of anilines is 1. The largest absolute Gasteiger partial charge is 0.871 e. The summed E-state index contributed by atoms with van der Waals surface area (Å²) in [7, 11) is 0. The minimum absolute atomic E-state index is 0.193. The third-order valence-electron chi connectivity index (χ3n) is 10.8. The number of aromatic nitrogens is 1. The molecule has 0 N–H and O–H groups in total. The molecule has 0 fully saturated rings. The van der Waals surface area contributed by atoms with Gasteiger partial charge in [0.1, 0.15) is 13.1 Å². The monoisotopic (exact) mass is 715 g/mol. The van der Waals surface area contributed by atoms with Crippen molar-refractivity contribution in [2.24, 2.45) is 4.99 Å². The number of carbonyl (C=O) groups excluding carboxylic acids is 1. The maximum absolute atomic E-state index is 13.4. The zero-order valence-electron chi connectivity index (χ0n) is 33.9. The normalized spacial score (nSPS) is 15.5. The summed E-state index contributed by atoms with van der Waals surface area (Å²) < 4.78 is 2.46. The Bertz CT molecular complexity index is 1270. The van der Waals surface area contributed by atoms with E-state index in [1.165, 1.54) is 154 Å². The number of allylic oxidation sites excluding steroid dienone is 4. The van der Waals surface area contributed by atoms with Crippen molar-refractivity contribution < 1.29 is 14.5 Å². The molecule has 52 heavy (non-hydrogen) atoms. The quantitative estimate of drug-likeness (QED) is 0.0452. The maximum Gasteiger partial charge on any atom is 0.218 e. The Hall–Kier alpha value is -3.02. The average Bonchev–Trinajstić information content (AvgIpc) is 3.16. The SMILES string of the molecule is CCCCCCCCN(CCCCCCCC)c1ccc(C2=C([O-])/C(=C3/C=CC(=[N+](CCCCCCCC)CCCCCCCC)C=N3)C2=O)nc1. The van der Waals surface area contributed by atoms with Crippen LogP contribution in [0.4, 0.5) is 5.69 Å². The van der Waals surface area contributed by atoms with Crippen molar-refractivity contribution in [1.29, 1.82) is 0 Å². The summed E-state index contributed by atoms with van der Waals surface area (Å²) >= 11 is 0. The van der Waals surface area contributed by atoms with E-state index in [2.05, 4.69) is 59.3 Å². The first-order chi connectivity index (χ1) is 25.5. The molecule has 0 aromatic carbocycles. The molecular formula is C46H74N4O2. The second kappa shape index (κ2) is 26.7. The third-order valence-corrected chi connectivity index (χ3v) is 10.8. The topological polar surface area (TPSA) is 71.6 Å². The van der Waals surface area contributed by atoms with Crippen molar-refractivity contribution in [3.63, 3.8) is 0 Å². The predicted octanol–water partition coefficient (Wildman–Crippen LogP) is 11.3. The molecule has 0 saturated heterocycles. The lowest BCUT2D eigenvalue weighted by molar-refractivity contribution is -0.526. The van der Waals surface area contributed by atoms with Crippen LogP contribution in [-0.2, 0) is 4.79 Å². The summed E-state index contributed by atoms with van der Waals surface area (Å²) in [5.74, 6) is -0.477. The van der Waals surface area contributed by atoms with Crippen LogP contribution in [0, 0.1) is 0 Å². The average molecular weight is 715 g/mol. The lowest BCUT2D eigenvalue weighted by Gasteiger charge is -2.31. The van der Waals surface area contributed by atoms with E-state index in [0.717, 1.165) is 37.6 Å². The fraction of sp³-hybridized carbons (Fsp3) is 0.696. The van der Waals surface area contributed by atoms with E-state index in [1.54, 1.807) is 0 Å². The van der Waals surface area contributed by atoms with Crippen LogP contribution in [0.15, 0.2) is 52.5 Å². The van der Waals surface area contributed by atoms with Crippen molar-refractivity contribution in [2.45, 2.75) is 182 Å². The maximum atomic E-state index is 13.4. The Balaban J connectivity index is 1.67. The van der Waals surface area contributed by atoms with Gasteiger partial charge in [0.25, 0.3) is 0 Å². The molecule has 1 aromatic rings. The van der Waals surface area contributed by atoms with Gasteiger partial charge in [-0.2, -0.15) is 0 Å². The highest BCUT2D eigenvalue weighted by molar-refractivity contribution is 6.39. The highest BCUT2D eigenvalue weighted by Gasteiger charge is 2.32. The van der Waals surface area contributed by atoms with E-state index in [4.69, 9.17) is 0 Å². The van der Waals surface area contributed by atoms with Gasteiger partial charge in [0, 0.05) is 43.2 Å². The van der Waals surface area contributed by atoms with Gasteiger partial charge in [-0.15, -0.1) is 0 Å². The summed E-state index contributed by atoms with van der Waals surface area (Å²) in [4.78, 5) is 25.2. The van der Waals surface area contributed by atoms with E-state index < -0.39 is 0 Å². The van der Waals surface area contributed by atoms with Crippen molar-refractivity contribution in [2.75, 3.05) is 31.1 Å². The Morgan fingerprint density at radius 3 is 1.50 bits per heavy atom. The lowest BCUT2D eigenvalue weighted by Crippen LogP contribution is -2.31. The Labute approximate surface area is 318 Å². The van der Waals surface area contributed by atoms with Crippen LogP contribution >= 0.6 is 0 Å². The van der Waals surface area contributed by atoms with Gasteiger partial charge in [-0.05, 0) is 43.9 Å². The fourth-order valence-electron chi connectivity index (χ4n) is 7.37. The van der Waals surface area contributed by atoms with Crippen LogP contribution < -0.4 is 10.0 Å². The van der Waals surface area contributed by atoms with Crippen LogP contribution in [0.25, 0.3) is 5.57 Å². The molecule has 0 amide bonds. The van der Waals surface area contributed by atoms with Crippen LogP contribution in [0.1, 0.15) is 187 Å². The molecule has 0 atom stereocenters. The van der Waals surface area contributed by atoms with Crippen LogP contribution in [-0.4, -0.2) is 53.4 Å². The van der Waals surface area contributed by atoms with E-state index in [-0.39, 0.29) is 22.7 Å². The van der Waals surface area contributed by atoms with Crippen molar-refractivity contribution in [1.82, 2.24) is 4.98 Å². The number of rotatable bonds is 30. The number of unbranched alkanes of at least 4 members (excludes halogenated alkanes) is 20. The summed E-state index contributed by atoms with van der Waals surface area (Å²) in [5, 5.41) is 13.4. The first kappa shape index (κ1) is 43.4. The summed E-state index contributed by atoms with van der Waals surface area (Å²) in [6.45, 7) is 13.1. The van der Waals surface area contributed by atoms with Gasteiger partial charge >= 0.3 is 0 Å². The number of aliphatic imine (C=N–C) groups is 1. The number of dihydropyridines is 1. The van der Waals surface area contributed by atoms with E-state index in [0.29, 0.717) is 11.4 Å². The van der Waals surface area contributed by atoms with Crippen LogP contribution in [0.2, 0.25) is 0 Å². The molecule has 6 heteroatoms. The summed E-state index contributed by atoms with van der Waals surface area (Å²) in [6, 6.07) is 3.92. The standard InChI is InChI=1S/C46H74N4O2/c1-5-9-13-17-21-25-33-49(34-26-22-18-14-10-6-2)39-29-31-41(47-37-39)43-45(51)44(46(43)52)42-32-30-40(38-48-42)50(35-27-23-19-15-11-7-3)36-28-24-20-16-12-8-4/h29-32,37-38H,5-28,33-36H2,1-4H3. The molecule has 2 heterocycles. The van der Waals surface area contributed by atoms with Gasteiger partial charge in [0.2, 0.25) is 5.71 Å². The zero-order chi connectivity index (χ0) is 37.2. The van der Waals surface area contributed by atoms with Gasteiger partial charge in [0.05, 0.1) is 29.5 Å². The van der Waals surface area contributed by atoms with Gasteiger partial charge in [-0.25, -0.2) is 9.57 Å². The number of carbonyl (C=O) groups is 1. The molecule has 0 saturated carbocycles. The number of hydrogen-bond acceptors (Lipinski definition) is 5. The third kappa shape index (κ3) is 15.1. The Morgan fingerprint density at radius 2 is 1.08 bits per heavy atom. The molecule has 6 nitrogen and oxygen atoms in total. The van der Waals surface area contributed by atoms with Crippen molar-refractivity contribution in [3.05, 3.63) is 53.2 Å². The highest BCUT2D eigenvalue weighted by atomic mass is 16.3. The first-order valence-corrected chi connectivity index (χ1v) is 21.8. The molecule has 0 spiro atoms. The Morgan fingerprint density at radius 1 is 0.596 bits per heavy atom. The van der Waals surface area contributed by atoms with Crippen LogP contribution in [0.3, 0.4) is 0 Å². The smallest absolute Gasteiger partial charge is 0.218 e. The molecule has 3 rings (SSSR count). The van der Waals surface area contributed by atoms with Gasteiger partial charge < -0.3 is 10.0 Å². The summed E-state index contributed by atoms with van der Waals surface area (Å²) in [6.07, 6.45) is 38.2. The van der Waals surface area contributed by atoms with Gasteiger partial charge in [-0.1, -0.05) is 149 Å². The molecule has 0 unspecified atom stereocenters. The molecular weight excluding hydrogens is 641 g/mol. The number of ketones is 1. The van der Waals surface area contributed by atoms with E-state index in [1.807, 2.05) is 24.6 Å². The molecule has 1 aromatic heterocycles. The zero-order valence-corrected chi connectivity index (χ0v) is 33.9. The minimum Gasteiger partial charge on any atom is -0.871 e. The molecule has 1 aliphatic heterocycles. The minimum atomic E-state index is -0.238. The van der Waals surface area contributed by atoms with Gasteiger partial charge in [0.15, 0.2) is 5.78 Å². The second-order valence-electron chi connectivity index (χ2n) is 15.3. The highest BCUT2D eigenvalue weighted by Crippen LogP contribution is 2.37. The number of nitrogens with zero attached hydrogens (tertiary/aromatic N) is 4. The summed E-state index contributed by atoms with van der Waals surface area (Å²) in [5.41, 5.74) is 3.50. The van der Waals surface area contributed by atoms with Crippen molar-refractivity contribution in [3.8, 4) is 0 Å². The van der Waals surface area contributed by atoms with Crippen LogP contribution in [0.5, 0.6) is 0 Å². The van der Waals surface area contributed by atoms with E-state index >= 15 is 0 Å². The fourth-order valence-corrected chi connectivity index (χ4v) is 7.37. The molecule has 0 radical (unpaired) electrons. The molecule has 290 valence electrons. The number of hydrogen-bond donors (Lipinski definition) is 0. The Kier molecular flexibility index (Phi) is 22.3. The molecule has 2 aliphatic rings. The van der Waals surface area contributed by atoms with E-state index in [9.17, 15) is 9.90 Å². The number of Topliss-reactive ketones (excluding diaryl/α,β-unsaturated/α-hetero) is 1.